The Morgan fingerprint density at radius 2 is 0.388 bits per heavy atom. The van der Waals surface area contributed by atoms with Gasteiger partial charge in [0, 0.05) is 72.0 Å². The van der Waals surface area contributed by atoms with Crippen LogP contribution < -0.4 is 30.0 Å². The number of ether oxygens (including phenoxy) is 4. The summed E-state index contributed by atoms with van der Waals surface area (Å²) in [5.74, 6) is -23.7. The van der Waals surface area contributed by atoms with Crippen molar-refractivity contribution in [2.24, 2.45) is 5.73 Å². The van der Waals surface area contributed by atoms with Crippen molar-refractivity contribution in [1.29, 1.82) is 0 Å². The fraction of sp³-hybridized carbons (Fsp3) is 0.476. The molecule has 0 aliphatic heterocycles. The van der Waals surface area contributed by atoms with Gasteiger partial charge in [-0.2, -0.15) is 0 Å². The van der Waals surface area contributed by atoms with Gasteiger partial charge >= 0.3 is 47.8 Å². The molecule has 704 valence electrons. The number of nitrogens with two attached hydrogens (primary N) is 1. The molecule has 0 aliphatic rings. The smallest absolute Gasteiger partial charge is 0.305 e. The van der Waals surface area contributed by atoms with Gasteiger partial charge in [-0.05, 0) is 103 Å². The largest absolute Gasteiger partial charge is 0.497 e. The van der Waals surface area contributed by atoms with Crippen molar-refractivity contribution in [2.75, 3.05) is 186 Å². The summed E-state index contributed by atoms with van der Waals surface area (Å²) in [7, 11) is 5.94. The number of nitrogens with one attached hydrogen (secondary N) is 1. The van der Waals surface area contributed by atoms with E-state index in [1.165, 1.54) is 38.2 Å². The van der Waals surface area contributed by atoms with E-state index in [1.807, 2.05) is 12.1 Å². The van der Waals surface area contributed by atoms with Crippen LogP contribution in [0.1, 0.15) is 73.6 Å². The molecule has 0 fully saturated rings. The minimum absolute atomic E-state index is 0.0158. The number of amides is 12. The van der Waals surface area contributed by atoms with Crippen LogP contribution in [0, 0.1) is 0 Å². The lowest BCUT2D eigenvalue weighted by atomic mass is 10.1. The molecule has 0 saturated carbocycles. The number of benzene rings is 4. The molecule has 0 bridgehead atoms. The van der Waals surface area contributed by atoms with Gasteiger partial charge in [-0.15, -0.1) is 0 Å². The first-order valence-electron chi connectivity index (χ1n) is 40.5. The van der Waals surface area contributed by atoms with Gasteiger partial charge in [-0.25, -0.2) is 0 Å². The second-order valence-corrected chi connectivity index (χ2v) is 29.2. The zero-order valence-corrected chi connectivity index (χ0v) is 72.1. The van der Waals surface area contributed by atoms with E-state index in [-0.39, 0.29) is 45.4 Å². The first-order chi connectivity index (χ1) is 61.2. The Balaban J connectivity index is 1.73. The summed E-state index contributed by atoms with van der Waals surface area (Å²) in [5.41, 5.74) is 8.24. The average Bonchev–Trinajstić information content (AvgIpc) is 0.800. The predicted octanol–water partition coefficient (Wildman–Crippen LogP) is -2.02. The Morgan fingerprint density at radius 1 is 0.233 bits per heavy atom. The van der Waals surface area contributed by atoms with Crippen molar-refractivity contribution in [3.8, 4) is 23.0 Å². The Hall–Kier alpha value is -14.6. The molecular formula is C84H111N13O32. The van der Waals surface area contributed by atoms with E-state index in [4.69, 9.17) is 24.7 Å². The van der Waals surface area contributed by atoms with E-state index in [0.29, 0.717) is 86.3 Å². The first kappa shape index (κ1) is 107. The number of methoxy groups -OCH3 is 4. The van der Waals surface area contributed by atoms with Gasteiger partial charge in [0.1, 0.15) is 23.0 Å². The zero-order chi connectivity index (χ0) is 95.8. The summed E-state index contributed by atoms with van der Waals surface area (Å²) < 4.78 is 21.3. The molecule has 11 N–H and O–H groups in total. The Bertz CT molecular complexity index is 4520. The number of rotatable bonds is 64. The summed E-state index contributed by atoms with van der Waals surface area (Å²) in [6.45, 7) is -18.7. The summed E-state index contributed by atoms with van der Waals surface area (Å²) in [4.78, 5) is 276. The predicted molar refractivity (Wildman–Crippen MR) is 449 cm³/mol. The maximum atomic E-state index is 15.3. The molecule has 4 rings (SSSR count). The van der Waals surface area contributed by atoms with Gasteiger partial charge in [0.05, 0.1) is 158 Å². The lowest BCUT2D eigenvalue weighted by molar-refractivity contribution is -0.151. The standard InChI is InChI=1S/C84H111N13O32/c1-126-61-13-5-57(6-14-61)21-33-86-45-66(99)88(34-22-58-7-15-62(127-2)16-8-58)47-68(101)89(35-23-59-9-17-63(128-3)18-10-59)49-69(102)90(36-24-60-11-19-64(129-4)20-12-60)50-70(103)92(39-27-79(114)115)52-72(105)94(41-29-81(118)119)54-74(107)96(43-31-83(122)123)56-76(109)97(44-32-84(124)125)55-75(108)95(42-30-82(120)121)53-73(106)93(40-28-80(116)117)51-71(104)91(38-26-78(112)113)48-67(100)87(46-65(85)98)37-25-77(110)111/h5-20,86H,21-56H2,1-4H3,(H2,85,98)(H,110,111)(H,112,113)(H,114,115)(H,116,117)(H,118,119)(H,120,121)(H,122,123)(H,124,125). The highest BCUT2D eigenvalue weighted by Crippen LogP contribution is 2.19. The summed E-state index contributed by atoms with van der Waals surface area (Å²) in [6, 6.07) is 27.8. The van der Waals surface area contributed by atoms with Crippen LogP contribution in [0.15, 0.2) is 97.1 Å². The highest BCUT2D eigenvalue weighted by atomic mass is 16.5. The minimum Gasteiger partial charge on any atom is -0.497 e. The number of primary amides is 1. The summed E-state index contributed by atoms with van der Waals surface area (Å²) in [6.07, 6.45) is -6.36. The molecule has 45 heteroatoms. The van der Waals surface area contributed by atoms with Crippen molar-refractivity contribution in [2.45, 2.75) is 77.0 Å². The van der Waals surface area contributed by atoms with Crippen molar-refractivity contribution in [1.82, 2.24) is 59.2 Å². The molecule has 0 unspecified atom stereocenters. The number of carboxylic acid groups (broad SMARTS) is 8. The SMILES string of the molecule is COc1ccc(CCNCC(=O)N(CCc2ccc(OC)cc2)CC(=O)N(CCc2ccc(OC)cc2)CC(=O)N(CCc2ccc(OC)cc2)CC(=O)N(CCC(=O)O)CC(=O)N(CCC(=O)O)CC(=O)N(CCC(=O)O)CC(=O)N(CCC(=O)O)CC(=O)N(CCC(=O)O)CC(=O)N(CCC(=O)O)CC(=O)N(CCC(=O)O)CC(=O)N(CCC(=O)O)CC(N)=O)cc1. The number of carboxylic acids is 8. The number of nitrogens with zero attached hydrogens (tertiary/aromatic N) is 11. The Kier molecular flexibility index (Phi) is 46.7. The third-order valence-corrected chi connectivity index (χ3v) is 19.8. The van der Waals surface area contributed by atoms with E-state index in [1.54, 1.807) is 84.9 Å². The van der Waals surface area contributed by atoms with E-state index in [9.17, 15) is 122 Å². The molecule has 0 atom stereocenters. The van der Waals surface area contributed by atoms with E-state index in [0.717, 1.165) is 16.0 Å². The molecule has 129 heavy (non-hydrogen) atoms. The van der Waals surface area contributed by atoms with Gasteiger partial charge in [0.2, 0.25) is 70.9 Å². The maximum absolute atomic E-state index is 15.3. The second kappa shape index (κ2) is 56.4. The van der Waals surface area contributed by atoms with E-state index >= 15 is 14.4 Å². The number of carbonyl (C=O) groups excluding carboxylic acids is 12. The lowest BCUT2D eigenvalue weighted by Crippen LogP contribution is -2.53. The monoisotopic (exact) mass is 1810 g/mol. The van der Waals surface area contributed by atoms with Gasteiger partial charge in [-0.1, -0.05) is 48.5 Å². The highest BCUT2D eigenvalue weighted by Gasteiger charge is 2.35. The second-order valence-electron chi connectivity index (χ2n) is 29.2. The molecule has 0 saturated heterocycles. The number of carbonyl (C=O) groups is 20. The third kappa shape index (κ3) is 41.9. The molecule has 0 aromatic heterocycles. The Labute approximate surface area is 741 Å². The average molecular weight is 1810 g/mol. The van der Waals surface area contributed by atoms with Crippen molar-refractivity contribution in [3.05, 3.63) is 119 Å². The normalized spacial score (nSPS) is 10.7. The van der Waals surface area contributed by atoms with Crippen LogP contribution in [0.2, 0.25) is 0 Å². The van der Waals surface area contributed by atoms with Crippen LogP contribution in [0.3, 0.4) is 0 Å². The van der Waals surface area contributed by atoms with Gasteiger partial charge in [0.15, 0.2) is 0 Å². The first-order valence-corrected chi connectivity index (χ1v) is 40.5. The van der Waals surface area contributed by atoms with Crippen molar-refractivity contribution in [3.63, 3.8) is 0 Å². The van der Waals surface area contributed by atoms with Crippen molar-refractivity contribution >= 4 is 119 Å². The van der Waals surface area contributed by atoms with Gasteiger partial charge in [0.25, 0.3) is 0 Å². The fourth-order valence-electron chi connectivity index (χ4n) is 12.4. The summed E-state index contributed by atoms with van der Waals surface area (Å²) >= 11 is 0. The Morgan fingerprint density at radius 3 is 0.550 bits per heavy atom. The third-order valence-electron chi connectivity index (χ3n) is 19.8. The molecule has 0 spiro atoms. The highest BCUT2D eigenvalue weighted by molar-refractivity contribution is 5.96. The number of aliphatic carboxylic acids is 8. The number of hydrogen-bond donors (Lipinski definition) is 10. The molecule has 0 heterocycles. The van der Waals surface area contributed by atoms with Crippen LogP contribution in [0.5, 0.6) is 23.0 Å². The molecule has 4 aromatic carbocycles. The van der Waals surface area contributed by atoms with E-state index < -0.39 is 294 Å². The van der Waals surface area contributed by atoms with Crippen molar-refractivity contribution < 1.29 is 156 Å². The maximum Gasteiger partial charge on any atom is 0.305 e. The molecule has 0 radical (unpaired) electrons. The molecule has 12 amide bonds. The quantitative estimate of drug-likeness (QED) is 0.0213. The molecule has 4 aromatic rings. The van der Waals surface area contributed by atoms with Crippen LogP contribution >= 0.6 is 0 Å². The fourth-order valence-corrected chi connectivity index (χ4v) is 12.4. The van der Waals surface area contributed by atoms with Crippen LogP contribution in [-0.2, 0) is 122 Å². The summed E-state index contributed by atoms with van der Waals surface area (Å²) in [5, 5.41) is 80.9. The van der Waals surface area contributed by atoms with E-state index in [2.05, 4.69) is 5.32 Å². The lowest BCUT2D eigenvalue weighted by Gasteiger charge is -2.33. The van der Waals surface area contributed by atoms with Crippen LogP contribution in [0.4, 0.5) is 0 Å². The minimum atomic E-state index is -1.62. The molecule has 0 aliphatic carbocycles. The zero-order valence-electron chi connectivity index (χ0n) is 72.1. The number of hydrogen-bond acceptors (Lipinski definition) is 25. The van der Waals surface area contributed by atoms with Crippen LogP contribution in [-0.4, -0.2) is 399 Å². The van der Waals surface area contributed by atoms with Crippen LogP contribution in [0.25, 0.3) is 0 Å². The molecular weight excluding hydrogens is 1700 g/mol. The topological polar surface area (TPSA) is 614 Å². The van der Waals surface area contributed by atoms with Gasteiger partial charge in [-0.3, -0.25) is 95.9 Å². The van der Waals surface area contributed by atoms with Gasteiger partial charge < -0.3 is 125 Å². The molecule has 45 nitrogen and oxygen atoms in total.